The summed E-state index contributed by atoms with van der Waals surface area (Å²) in [7, 11) is 0. The molecule has 0 radical (unpaired) electrons. The monoisotopic (exact) mass is 249 g/mol. The van der Waals surface area contributed by atoms with E-state index in [4.69, 9.17) is 5.11 Å². The van der Waals surface area contributed by atoms with Crippen molar-refractivity contribution < 1.29 is 15.0 Å². The summed E-state index contributed by atoms with van der Waals surface area (Å²) in [6.45, 7) is 11.5. The summed E-state index contributed by atoms with van der Waals surface area (Å²) in [5.74, 6) is -1.04. The number of aromatic carboxylic acids is 1. The molecule has 1 aromatic carbocycles. The highest BCUT2D eigenvalue weighted by Gasteiger charge is 2.23. The maximum absolute atomic E-state index is 12.4. The average Bonchev–Trinajstić information content (AvgIpc) is 2.13. The average molecular weight is 249 g/mol. The van der Waals surface area contributed by atoms with E-state index in [0.717, 1.165) is 0 Å². The Morgan fingerprint density at radius 3 is 1.56 bits per heavy atom. The predicted molar refractivity (Wildman–Crippen MR) is 70.2 cm³/mol. The van der Waals surface area contributed by atoms with Crippen molar-refractivity contribution in [3.63, 3.8) is 0 Å². The van der Waals surface area contributed by atoms with Crippen LogP contribution in [-0.2, 0) is 10.8 Å². The first-order chi connectivity index (χ1) is 7.94. The Balaban J connectivity index is 3.64. The third kappa shape index (κ3) is 2.84. The fourth-order valence-corrected chi connectivity index (χ4v) is 1.87. The van der Waals surface area contributed by atoms with Crippen molar-refractivity contribution in [1.29, 1.82) is 0 Å². The fourth-order valence-electron chi connectivity index (χ4n) is 1.87. The normalized spacial score (nSPS) is 12.6. The number of carboxylic acid groups (broad SMARTS) is 1. The van der Waals surface area contributed by atoms with Crippen LogP contribution in [0.2, 0.25) is 0 Å². The lowest BCUT2D eigenvalue weighted by Gasteiger charge is -2.33. The molecule has 0 heterocycles. The molecule has 0 aliphatic heterocycles. The molecule has 0 atom stereocenters. The Morgan fingerprint density at radius 2 is 1.33 bits per heavy atom. The minimum Gasteiger partial charge on any atom is -0.872 e. The van der Waals surface area contributed by atoms with Crippen molar-refractivity contribution in [2.75, 3.05) is 0 Å². The molecular weight excluding hydrogens is 228 g/mol. The van der Waals surface area contributed by atoms with Gasteiger partial charge in [-0.25, -0.2) is 4.79 Å². The number of hydrogen-bond acceptors (Lipinski definition) is 2. The highest BCUT2D eigenvalue weighted by Crippen LogP contribution is 2.38. The molecule has 0 amide bonds. The zero-order valence-electron chi connectivity index (χ0n) is 11.9. The van der Waals surface area contributed by atoms with Gasteiger partial charge in [0.05, 0.1) is 5.56 Å². The largest absolute Gasteiger partial charge is 0.872 e. The molecule has 0 aliphatic carbocycles. The molecule has 3 nitrogen and oxygen atoms in total. The second-order valence-corrected chi connectivity index (χ2v) is 6.71. The van der Waals surface area contributed by atoms with Gasteiger partial charge in [-0.3, -0.25) is 0 Å². The predicted octanol–water partition coefficient (Wildman–Crippen LogP) is 3.05. The van der Waals surface area contributed by atoms with Crippen LogP contribution in [0.4, 0.5) is 0 Å². The zero-order chi connectivity index (χ0) is 14.3. The lowest BCUT2D eigenvalue weighted by molar-refractivity contribution is -0.271. The van der Waals surface area contributed by atoms with Gasteiger partial charge < -0.3 is 10.2 Å². The van der Waals surface area contributed by atoms with E-state index >= 15 is 0 Å². The van der Waals surface area contributed by atoms with E-state index in [1.54, 1.807) is 0 Å². The number of carboxylic acids is 1. The van der Waals surface area contributed by atoms with Gasteiger partial charge in [0, 0.05) is 0 Å². The van der Waals surface area contributed by atoms with Crippen LogP contribution in [0.3, 0.4) is 0 Å². The molecule has 0 unspecified atom stereocenters. The van der Waals surface area contributed by atoms with Crippen molar-refractivity contribution in [1.82, 2.24) is 0 Å². The third-order valence-corrected chi connectivity index (χ3v) is 2.95. The lowest BCUT2D eigenvalue weighted by Crippen LogP contribution is -2.22. The summed E-state index contributed by atoms with van der Waals surface area (Å²) in [6, 6.07) is 3.00. The van der Waals surface area contributed by atoms with Crippen molar-refractivity contribution in [2.24, 2.45) is 0 Å². The number of rotatable bonds is 1. The Hall–Kier alpha value is -1.51. The molecule has 1 aromatic rings. The minimum absolute atomic E-state index is 0.0417. The van der Waals surface area contributed by atoms with Gasteiger partial charge in [0.1, 0.15) is 0 Å². The molecule has 3 heteroatoms. The number of carbonyl (C=O) groups is 1. The van der Waals surface area contributed by atoms with Crippen molar-refractivity contribution in [3.8, 4) is 5.75 Å². The van der Waals surface area contributed by atoms with E-state index in [-0.39, 0.29) is 22.1 Å². The van der Waals surface area contributed by atoms with Gasteiger partial charge in [-0.15, -0.1) is 5.75 Å². The van der Waals surface area contributed by atoms with Gasteiger partial charge in [0.2, 0.25) is 0 Å². The number of hydrogen-bond donors (Lipinski definition) is 1. The molecule has 1 rings (SSSR count). The van der Waals surface area contributed by atoms with Crippen LogP contribution in [-0.4, -0.2) is 11.1 Å². The summed E-state index contributed by atoms with van der Waals surface area (Å²) >= 11 is 0. The highest BCUT2D eigenvalue weighted by molar-refractivity contribution is 5.88. The smallest absolute Gasteiger partial charge is 0.335 e. The van der Waals surface area contributed by atoms with E-state index in [1.807, 2.05) is 41.5 Å². The zero-order valence-corrected chi connectivity index (χ0v) is 11.9. The molecule has 0 aliphatic rings. The topological polar surface area (TPSA) is 60.4 Å². The molecule has 0 aromatic heterocycles. The first kappa shape index (κ1) is 14.6. The van der Waals surface area contributed by atoms with E-state index in [0.29, 0.717) is 11.1 Å². The standard InChI is InChI=1S/C15H22O3/c1-14(2,3)10-7-9(13(17)18)8-11(12(10)16)15(4,5)6/h7-8,16H,1-6H3,(H,17,18)/p-1. The summed E-state index contributed by atoms with van der Waals surface area (Å²) in [6.07, 6.45) is 0. The molecule has 100 valence electrons. The molecular formula is C15H21O3-. The summed E-state index contributed by atoms with van der Waals surface area (Å²) in [5.41, 5.74) is 0.592. The van der Waals surface area contributed by atoms with Crippen LogP contribution in [0.1, 0.15) is 63.0 Å². The van der Waals surface area contributed by atoms with Gasteiger partial charge in [0.25, 0.3) is 0 Å². The van der Waals surface area contributed by atoms with Crippen LogP contribution in [0.15, 0.2) is 12.1 Å². The Labute approximate surface area is 108 Å². The van der Waals surface area contributed by atoms with Gasteiger partial charge in [-0.05, 0) is 34.1 Å². The second-order valence-electron chi connectivity index (χ2n) is 6.71. The Morgan fingerprint density at radius 1 is 1.00 bits per heavy atom. The molecule has 0 spiro atoms. The van der Waals surface area contributed by atoms with E-state index in [2.05, 4.69) is 0 Å². The lowest BCUT2D eigenvalue weighted by atomic mass is 9.78. The molecule has 18 heavy (non-hydrogen) atoms. The fraction of sp³-hybridized carbons (Fsp3) is 0.533. The quantitative estimate of drug-likeness (QED) is 0.832. The molecule has 0 bridgehead atoms. The van der Waals surface area contributed by atoms with Gasteiger partial charge in [0.15, 0.2) is 0 Å². The summed E-state index contributed by atoms with van der Waals surface area (Å²) in [5, 5.41) is 21.6. The minimum atomic E-state index is -0.994. The van der Waals surface area contributed by atoms with Crippen molar-refractivity contribution in [3.05, 3.63) is 28.8 Å². The summed E-state index contributed by atoms with van der Waals surface area (Å²) < 4.78 is 0. The van der Waals surface area contributed by atoms with Crippen LogP contribution in [0, 0.1) is 0 Å². The summed E-state index contributed by atoms with van der Waals surface area (Å²) in [4.78, 5) is 11.2. The SMILES string of the molecule is CC(C)(C)c1cc(C(=O)O)cc(C(C)(C)C)c1[O-]. The first-order valence-corrected chi connectivity index (χ1v) is 6.04. The van der Waals surface area contributed by atoms with Crippen LogP contribution in [0.25, 0.3) is 0 Å². The Bertz CT molecular complexity index is 438. The van der Waals surface area contributed by atoms with Gasteiger partial charge in [-0.2, -0.15) is 0 Å². The maximum atomic E-state index is 12.4. The highest BCUT2D eigenvalue weighted by atomic mass is 16.4. The third-order valence-electron chi connectivity index (χ3n) is 2.95. The number of benzene rings is 1. The van der Waals surface area contributed by atoms with E-state index in [1.165, 1.54) is 12.1 Å². The van der Waals surface area contributed by atoms with Gasteiger partial charge >= 0.3 is 5.97 Å². The van der Waals surface area contributed by atoms with Gasteiger partial charge in [-0.1, -0.05) is 41.5 Å². The maximum Gasteiger partial charge on any atom is 0.335 e. The molecule has 1 N–H and O–H groups in total. The second kappa shape index (κ2) is 4.30. The Kier molecular flexibility index (Phi) is 3.48. The van der Waals surface area contributed by atoms with Crippen molar-refractivity contribution >= 4 is 5.97 Å². The van der Waals surface area contributed by atoms with Crippen LogP contribution in [0.5, 0.6) is 5.75 Å². The molecule has 0 saturated heterocycles. The van der Waals surface area contributed by atoms with Crippen molar-refractivity contribution in [2.45, 2.75) is 52.4 Å². The van der Waals surface area contributed by atoms with E-state index < -0.39 is 5.97 Å². The van der Waals surface area contributed by atoms with Crippen LogP contribution < -0.4 is 5.11 Å². The first-order valence-electron chi connectivity index (χ1n) is 6.04. The molecule has 0 saturated carbocycles. The van der Waals surface area contributed by atoms with Crippen LogP contribution >= 0.6 is 0 Å². The van der Waals surface area contributed by atoms with E-state index in [9.17, 15) is 9.90 Å². The molecule has 0 fully saturated rings.